The Morgan fingerprint density at radius 1 is 1.25 bits per heavy atom. The van der Waals surface area contributed by atoms with Crippen LogP contribution in [0.3, 0.4) is 0 Å². The van der Waals surface area contributed by atoms with Gasteiger partial charge in [-0.3, -0.25) is 9.10 Å². The summed E-state index contributed by atoms with van der Waals surface area (Å²) in [5.41, 5.74) is 0.551. The first-order valence-electron chi connectivity index (χ1n) is 7.40. The Labute approximate surface area is 141 Å². The fraction of sp³-hybridized carbons (Fsp3) is 0.312. The Kier molecular flexibility index (Phi) is 5.86. The lowest BCUT2D eigenvalue weighted by Gasteiger charge is -2.20. The first-order chi connectivity index (χ1) is 11.4. The summed E-state index contributed by atoms with van der Waals surface area (Å²) in [5.74, 6) is 0.867. The highest BCUT2D eigenvalue weighted by molar-refractivity contribution is 7.92. The molecule has 1 heterocycles. The second-order valence-electron chi connectivity index (χ2n) is 5.07. The number of amides is 1. The second kappa shape index (κ2) is 7.87. The average molecular weight is 352 g/mol. The van der Waals surface area contributed by atoms with Crippen molar-refractivity contribution in [1.82, 2.24) is 5.32 Å². The molecule has 2 rings (SSSR count). The van der Waals surface area contributed by atoms with Gasteiger partial charge in [0.15, 0.2) is 6.61 Å². The van der Waals surface area contributed by atoms with Crippen molar-refractivity contribution in [3.8, 4) is 5.75 Å². The van der Waals surface area contributed by atoms with Gasteiger partial charge >= 0.3 is 0 Å². The van der Waals surface area contributed by atoms with Crippen LogP contribution in [0.1, 0.15) is 12.7 Å². The van der Waals surface area contributed by atoms with Gasteiger partial charge in [-0.2, -0.15) is 0 Å². The Balaban J connectivity index is 1.86. The molecular formula is C16H20N2O5S. The van der Waals surface area contributed by atoms with E-state index in [-0.39, 0.29) is 12.5 Å². The molecule has 1 aromatic heterocycles. The normalized spacial score (nSPS) is 11.1. The van der Waals surface area contributed by atoms with E-state index >= 15 is 0 Å². The average Bonchev–Trinajstić information content (AvgIpc) is 3.05. The van der Waals surface area contributed by atoms with Crippen LogP contribution in [0.15, 0.2) is 47.1 Å². The number of carbonyl (C=O) groups is 1. The molecule has 0 aliphatic heterocycles. The molecule has 0 aliphatic carbocycles. The number of benzene rings is 1. The molecule has 1 N–H and O–H groups in total. The Bertz CT molecular complexity index is 754. The minimum Gasteiger partial charge on any atom is -0.484 e. The van der Waals surface area contributed by atoms with Gasteiger partial charge in [0.2, 0.25) is 10.0 Å². The van der Waals surface area contributed by atoms with Crippen molar-refractivity contribution in [2.24, 2.45) is 0 Å². The van der Waals surface area contributed by atoms with Gasteiger partial charge in [-0.1, -0.05) is 0 Å². The third-order valence-electron chi connectivity index (χ3n) is 3.22. The number of anilines is 1. The largest absolute Gasteiger partial charge is 0.484 e. The highest BCUT2D eigenvalue weighted by Crippen LogP contribution is 2.21. The summed E-state index contributed by atoms with van der Waals surface area (Å²) < 4.78 is 35.1. The molecule has 0 fully saturated rings. The lowest BCUT2D eigenvalue weighted by Crippen LogP contribution is -2.29. The van der Waals surface area contributed by atoms with Gasteiger partial charge in [-0.05, 0) is 43.3 Å². The molecule has 8 heteroatoms. The van der Waals surface area contributed by atoms with Gasteiger partial charge in [0.25, 0.3) is 5.91 Å². The number of sulfonamides is 1. The summed E-state index contributed by atoms with van der Waals surface area (Å²) in [6, 6.07) is 10.0. The maximum atomic E-state index is 11.7. The number of furan rings is 1. The molecule has 0 unspecified atom stereocenters. The zero-order valence-corrected chi connectivity index (χ0v) is 14.4. The van der Waals surface area contributed by atoms with Gasteiger partial charge in [0.05, 0.1) is 24.8 Å². The summed E-state index contributed by atoms with van der Waals surface area (Å²) in [6.07, 6.45) is 2.69. The number of rotatable bonds is 8. The van der Waals surface area contributed by atoms with Crippen LogP contribution in [0.4, 0.5) is 5.69 Å². The zero-order chi connectivity index (χ0) is 17.6. The maximum Gasteiger partial charge on any atom is 0.258 e. The highest BCUT2D eigenvalue weighted by atomic mass is 32.2. The van der Waals surface area contributed by atoms with Crippen molar-refractivity contribution >= 4 is 21.6 Å². The van der Waals surface area contributed by atoms with Crippen LogP contribution in [0.5, 0.6) is 5.75 Å². The minimum atomic E-state index is -3.32. The molecule has 1 aromatic carbocycles. The number of ether oxygens (including phenoxy) is 1. The minimum absolute atomic E-state index is 0.135. The van der Waals surface area contributed by atoms with E-state index in [1.807, 2.05) is 0 Å². The SMILES string of the molecule is CCN(c1ccc(OCC(=O)NCc2ccco2)cc1)S(C)(=O)=O. The van der Waals surface area contributed by atoms with Gasteiger partial charge in [-0.25, -0.2) is 8.42 Å². The van der Waals surface area contributed by atoms with Crippen LogP contribution in [-0.2, 0) is 21.4 Å². The molecule has 0 aliphatic rings. The number of carbonyl (C=O) groups excluding carboxylic acids is 1. The lowest BCUT2D eigenvalue weighted by molar-refractivity contribution is -0.123. The second-order valence-corrected chi connectivity index (χ2v) is 6.97. The van der Waals surface area contributed by atoms with Crippen molar-refractivity contribution in [2.75, 3.05) is 23.7 Å². The molecule has 24 heavy (non-hydrogen) atoms. The topological polar surface area (TPSA) is 88.8 Å². The van der Waals surface area contributed by atoms with Gasteiger partial charge in [-0.15, -0.1) is 0 Å². The third kappa shape index (κ3) is 5.02. The summed E-state index contributed by atoms with van der Waals surface area (Å²) in [6.45, 7) is 2.26. The predicted octanol–water partition coefficient (Wildman–Crippen LogP) is 1.76. The van der Waals surface area contributed by atoms with E-state index in [2.05, 4.69) is 5.32 Å². The standard InChI is InChI=1S/C16H20N2O5S/c1-3-18(24(2,20)21)13-6-8-14(9-7-13)23-12-16(19)17-11-15-5-4-10-22-15/h4-10H,3,11-12H2,1-2H3,(H,17,19). The molecule has 2 aromatic rings. The van der Waals surface area contributed by atoms with E-state index in [1.54, 1.807) is 43.3 Å². The number of nitrogens with zero attached hydrogens (tertiary/aromatic N) is 1. The fourth-order valence-corrected chi connectivity index (χ4v) is 3.09. The van der Waals surface area contributed by atoms with Crippen molar-refractivity contribution in [3.63, 3.8) is 0 Å². The van der Waals surface area contributed by atoms with E-state index < -0.39 is 10.0 Å². The molecule has 0 saturated heterocycles. The molecular weight excluding hydrogens is 332 g/mol. The molecule has 0 spiro atoms. The van der Waals surface area contributed by atoms with Gasteiger partial charge in [0, 0.05) is 6.54 Å². The van der Waals surface area contributed by atoms with Crippen LogP contribution in [0.2, 0.25) is 0 Å². The highest BCUT2D eigenvalue weighted by Gasteiger charge is 2.15. The zero-order valence-electron chi connectivity index (χ0n) is 13.6. The third-order valence-corrected chi connectivity index (χ3v) is 4.49. The first-order valence-corrected chi connectivity index (χ1v) is 9.24. The quantitative estimate of drug-likeness (QED) is 0.782. The van der Waals surface area contributed by atoms with E-state index in [0.717, 1.165) is 6.26 Å². The van der Waals surface area contributed by atoms with Crippen LogP contribution in [0.25, 0.3) is 0 Å². The van der Waals surface area contributed by atoms with Gasteiger partial charge < -0.3 is 14.5 Å². The van der Waals surface area contributed by atoms with E-state index in [0.29, 0.717) is 30.3 Å². The van der Waals surface area contributed by atoms with Gasteiger partial charge in [0.1, 0.15) is 11.5 Å². The van der Waals surface area contributed by atoms with Crippen molar-refractivity contribution in [3.05, 3.63) is 48.4 Å². The molecule has 0 radical (unpaired) electrons. The number of hydrogen-bond donors (Lipinski definition) is 1. The fourth-order valence-electron chi connectivity index (χ4n) is 2.12. The molecule has 0 saturated carbocycles. The maximum absolute atomic E-state index is 11.7. The Hall–Kier alpha value is -2.48. The van der Waals surface area contributed by atoms with E-state index in [9.17, 15) is 13.2 Å². The van der Waals surface area contributed by atoms with Crippen LogP contribution in [0, 0.1) is 0 Å². The predicted molar refractivity (Wildman–Crippen MR) is 90.4 cm³/mol. The molecule has 130 valence electrons. The first kappa shape index (κ1) is 17.9. The lowest BCUT2D eigenvalue weighted by atomic mass is 10.3. The summed E-state index contributed by atoms with van der Waals surface area (Å²) in [5, 5.41) is 2.67. The summed E-state index contributed by atoms with van der Waals surface area (Å²) in [7, 11) is -3.32. The van der Waals surface area contributed by atoms with Crippen LogP contribution < -0.4 is 14.4 Å². The van der Waals surface area contributed by atoms with Crippen LogP contribution in [-0.4, -0.2) is 33.7 Å². The molecule has 0 bridgehead atoms. The smallest absolute Gasteiger partial charge is 0.258 e. The molecule has 7 nitrogen and oxygen atoms in total. The molecule has 1 amide bonds. The van der Waals surface area contributed by atoms with Crippen molar-refractivity contribution in [1.29, 1.82) is 0 Å². The van der Waals surface area contributed by atoms with Crippen molar-refractivity contribution < 1.29 is 22.4 Å². The Morgan fingerprint density at radius 3 is 2.50 bits per heavy atom. The van der Waals surface area contributed by atoms with E-state index in [4.69, 9.17) is 9.15 Å². The van der Waals surface area contributed by atoms with Crippen LogP contribution >= 0.6 is 0 Å². The number of hydrogen-bond acceptors (Lipinski definition) is 5. The summed E-state index contributed by atoms with van der Waals surface area (Å²) >= 11 is 0. The molecule has 0 atom stereocenters. The monoisotopic (exact) mass is 352 g/mol. The number of nitrogens with one attached hydrogen (secondary N) is 1. The van der Waals surface area contributed by atoms with Crippen molar-refractivity contribution in [2.45, 2.75) is 13.5 Å². The Morgan fingerprint density at radius 2 is 1.96 bits per heavy atom. The summed E-state index contributed by atoms with van der Waals surface area (Å²) in [4.78, 5) is 11.7. The van der Waals surface area contributed by atoms with E-state index in [1.165, 1.54) is 10.6 Å².